The largest absolute Gasteiger partial charge is 0.493 e. The van der Waals surface area contributed by atoms with Crippen LogP contribution < -0.4 is 10.5 Å². The molecular formula is C16H22ClNO. The summed E-state index contributed by atoms with van der Waals surface area (Å²) >= 11 is 6.24. The zero-order chi connectivity index (χ0) is 13.6. The lowest BCUT2D eigenvalue weighted by atomic mass is 9.75. The van der Waals surface area contributed by atoms with Gasteiger partial charge in [0.15, 0.2) is 0 Å². The van der Waals surface area contributed by atoms with Gasteiger partial charge in [-0.2, -0.15) is 0 Å². The van der Waals surface area contributed by atoms with Crippen LogP contribution in [0.2, 0.25) is 5.02 Å². The van der Waals surface area contributed by atoms with Gasteiger partial charge in [0.25, 0.3) is 0 Å². The molecule has 0 amide bonds. The number of fused-ring (bicyclic) bond motifs is 1. The maximum Gasteiger partial charge on any atom is 0.127 e. The fourth-order valence-corrected chi connectivity index (χ4v) is 4.03. The SMILES string of the molecule is CC1(C)CCCC1C(N)c1cc(Cl)cc2c1OCC2. The van der Waals surface area contributed by atoms with E-state index in [4.69, 9.17) is 22.1 Å². The topological polar surface area (TPSA) is 35.2 Å². The first-order chi connectivity index (χ1) is 8.99. The molecule has 0 aromatic heterocycles. The van der Waals surface area contributed by atoms with Crippen LogP contribution in [0.1, 0.15) is 50.3 Å². The molecule has 2 atom stereocenters. The third-order valence-corrected chi connectivity index (χ3v) is 5.13. The van der Waals surface area contributed by atoms with Crippen molar-refractivity contribution in [1.29, 1.82) is 0 Å². The lowest BCUT2D eigenvalue weighted by Crippen LogP contribution is -2.29. The highest BCUT2D eigenvalue weighted by molar-refractivity contribution is 6.30. The molecule has 2 aliphatic rings. The van der Waals surface area contributed by atoms with Crippen LogP contribution in [-0.4, -0.2) is 6.61 Å². The normalized spacial score (nSPS) is 26.0. The molecule has 1 aliphatic heterocycles. The van der Waals surface area contributed by atoms with Gasteiger partial charge in [-0.3, -0.25) is 0 Å². The first-order valence-electron chi connectivity index (χ1n) is 7.20. The predicted octanol–water partition coefficient (Wildman–Crippen LogP) is 4.10. The van der Waals surface area contributed by atoms with Crippen molar-refractivity contribution in [2.75, 3.05) is 6.61 Å². The lowest BCUT2D eigenvalue weighted by molar-refractivity contribution is 0.219. The van der Waals surface area contributed by atoms with E-state index < -0.39 is 0 Å². The Kier molecular flexibility index (Phi) is 3.26. The quantitative estimate of drug-likeness (QED) is 0.884. The molecule has 2 N–H and O–H groups in total. The molecule has 1 fully saturated rings. The van der Waals surface area contributed by atoms with Crippen LogP contribution >= 0.6 is 11.6 Å². The molecule has 0 spiro atoms. The van der Waals surface area contributed by atoms with Crippen LogP contribution in [0.4, 0.5) is 0 Å². The average molecular weight is 280 g/mol. The van der Waals surface area contributed by atoms with Crippen LogP contribution in [0.5, 0.6) is 5.75 Å². The monoisotopic (exact) mass is 279 g/mol. The van der Waals surface area contributed by atoms with E-state index in [9.17, 15) is 0 Å². The molecule has 2 nitrogen and oxygen atoms in total. The fourth-order valence-electron chi connectivity index (χ4n) is 3.78. The summed E-state index contributed by atoms with van der Waals surface area (Å²) in [7, 11) is 0. The Bertz CT molecular complexity index is 498. The van der Waals surface area contributed by atoms with Gasteiger partial charge in [-0.25, -0.2) is 0 Å². The van der Waals surface area contributed by atoms with Crippen LogP contribution in [0.25, 0.3) is 0 Å². The Morgan fingerprint density at radius 1 is 1.42 bits per heavy atom. The van der Waals surface area contributed by atoms with Crippen LogP contribution in [0.3, 0.4) is 0 Å². The highest BCUT2D eigenvalue weighted by Gasteiger charge is 2.40. The molecule has 0 bridgehead atoms. The van der Waals surface area contributed by atoms with Crippen molar-refractivity contribution in [3.63, 3.8) is 0 Å². The predicted molar refractivity (Wildman–Crippen MR) is 78.7 cm³/mol. The van der Waals surface area contributed by atoms with Crippen molar-refractivity contribution in [1.82, 2.24) is 0 Å². The Labute approximate surface area is 120 Å². The molecular weight excluding hydrogens is 258 g/mol. The summed E-state index contributed by atoms with van der Waals surface area (Å²) in [5.41, 5.74) is 9.22. The number of halogens is 1. The Balaban J connectivity index is 1.98. The van der Waals surface area contributed by atoms with Gasteiger partial charge in [0.05, 0.1) is 6.61 Å². The molecule has 3 heteroatoms. The molecule has 19 heavy (non-hydrogen) atoms. The van der Waals surface area contributed by atoms with E-state index in [0.29, 0.717) is 11.3 Å². The third-order valence-electron chi connectivity index (χ3n) is 4.91. The second kappa shape index (κ2) is 4.68. The molecule has 2 unspecified atom stereocenters. The van der Waals surface area contributed by atoms with Crippen molar-refractivity contribution in [3.05, 3.63) is 28.3 Å². The second-order valence-corrected chi connectivity index (χ2v) is 7.03. The summed E-state index contributed by atoms with van der Waals surface area (Å²) in [4.78, 5) is 0. The number of nitrogens with two attached hydrogens (primary N) is 1. The summed E-state index contributed by atoms with van der Waals surface area (Å²) < 4.78 is 5.79. The smallest absolute Gasteiger partial charge is 0.127 e. The van der Waals surface area contributed by atoms with Gasteiger partial charge in [0, 0.05) is 23.0 Å². The minimum Gasteiger partial charge on any atom is -0.493 e. The van der Waals surface area contributed by atoms with Gasteiger partial charge in [-0.05, 0) is 41.9 Å². The molecule has 1 aromatic carbocycles. The zero-order valence-electron chi connectivity index (χ0n) is 11.7. The maximum absolute atomic E-state index is 6.58. The van der Waals surface area contributed by atoms with Crippen LogP contribution in [0, 0.1) is 11.3 Å². The zero-order valence-corrected chi connectivity index (χ0v) is 12.5. The average Bonchev–Trinajstić information content (AvgIpc) is 2.92. The van der Waals surface area contributed by atoms with Gasteiger partial charge in [-0.15, -0.1) is 0 Å². The fraction of sp³-hybridized carbons (Fsp3) is 0.625. The number of ether oxygens (including phenoxy) is 1. The number of rotatable bonds is 2. The first-order valence-corrected chi connectivity index (χ1v) is 7.57. The van der Waals surface area contributed by atoms with Gasteiger partial charge in [0.2, 0.25) is 0 Å². The highest BCUT2D eigenvalue weighted by atomic mass is 35.5. The van der Waals surface area contributed by atoms with Crippen molar-refractivity contribution >= 4 is 11.6 Å². The molecule has 1 heterocycles. The summed E-state index contributed by atoms with van der Waals surface area (Å²) in [5, 5.41) is 0.783. The number of hydrogen-bond acceptors (Lipinski definition) is 2. The van der Waals surface area contributed by atoms with E-state index >= 15 is 0 Å². The molecule has 1 aliphatic carbocycles. The Hall–Kier alpha value is -0.730. The summed E-state index contributed by atoms with van der Waals surface area (Å²) in [6.07, 6.45) is 4.68. The first kappa shape index (κ1) is 13.3. The van der Waals surface area contributed by atoms with E-state index in [-0.39, 0.29) is 6.04 Å². The van der Waals surface area contributed by atoms with E-state index in [1.807, 2.05) is 12.1 Å². The summed E-state index contributed by atoms with van der Waals surface area (Å²) in [6.45, 7) is 5.41. The number of benzene rings is 1. The van der Waals surface area contributed by atoms with Crippen molar-refractivity contribution in [2.45, 2.75) is 45.6 Å². The van der Waals surface area contributed by atoms with E-state index in [1.54, 1.807) is 0 Å². The van der Waals surface area contributed by atoms with Crippen LogP contribution in [-0.2, 0) is 6.42 Å². The van der Waals surface area contributed by atoms with Gasteiger partial charge < -0.3 is 10.5 Å². The minimum absolute atomic E-state index is 0.0306. The number of hydrogen-bond donors (Lipinski definition) is 1. The van der Waals surface area contributed by atoms with Gasteiger partial charge >= 0.3 is 0 Å². The van der Waals surface area contributed by atoms with Crippen LogP contribution in [0.15, 0.2) is 12.1 Å². The van der Waals surface area contributed by atoms with Crippen molar-refractivity contribution < 1.29 is 4.74 Å². The van der Waals surface area contributed by atoms with Crippen molar-refractivity contribution in [3.8, 4) is 5.75 Å². The molecule has 0 saturated heterocycles. The standard InChI is InChI=1S/C16H22ClNO/c1-16(2)6-3-4-13(16)14(18)12-9-11(17)8-10-5-7-19-15(10)12/h8-9,13-14H,3-7,18H2,1-2H3. The molecule has 1 saturated carbocycles. The van der Waals surface area contributed by atoms with E-state index in [2.05, 4.69) is 13.8 Å². The highest BCUT2D eigenvalue weighted by Crippen LogP contribution is 2.50. The maximum atomic E-state index is 6.58. The van der Waals surface area contributed by atoms with Crippen molar-refractivity contribution in [2.24, 2.45) is 17.1 Å². The summed E-state index contributed by atoms with van der Waals surface area (Å²) in [5.74, 6) is 1.51. The molecule has 0 radical (unpaired) electrons. The van der Waals surface area contributed by atoms with Gasteiger partial charge in [-0.1, -0.05) is 31.9 Å². The summed E-state index contributed by atoms with van der Waals surface area (Å²) in [6, 6.07) is 4.05. The van der Waals surface area contributed by atoms with E-state index in [1.165, 1.54) is 24.8 Å². The Morgan fingerprint density at radius 2 is 2.21 bits per heavy atom. The molecule has 104 valence electrons. The van der Waals surface area contributed by atoms with Gasteiger partial charge in [0.1, 0.15) is 5.75 Å². The minimum atomic E-state index is 0.0306. The Morgan fingerprint density at radius 3 is 2.89 bits per heavy atom. The third kappa shape index (κ3) is 2.25. The molecule has 1 aromatic rings. The molecule has 3 rings (SSSR count). The second-order valence-electron chi connectivity index (χ2n) is 6.59. The van der Waals surface area contributed by atoms with E-state index in [0.717, 1.165) is 29.4 Å². The lowest BCUT2D eigenvalue weighted by Gasteiger charge is -2.32.